The lowest BCUT2D eigenvalue weighted by molar-refractivity contribution is -0.385. The van der Waals surface area contributed by atoms with Crippen molar-refractivity contribution in [1.82, 2.24) is 0 Å². The number of nitriles is 1. The van der Waals surface area contributed by atoms with E-state index in [1.54, 1.807) is 6.07 Å². The topological polar surface area (TPSA) is 104 Å². The molecule has 0 radical (unpaired) electrons. The zero-order valence-corrected chi connectivity index (χ0v) is 9.60. The predicted octanol–water partition coefficient (Wildman–Crippen LogP) is 2.03. The van der Waals surface area contributed by atoms with Gasteiger partial charge in [0.05, 0.1) is 4.92 Å². The van der Waals surface area contributed by atoms with Crippen LogP contribution in [0.1, 0.15) is 12.5 Å². The van der Waals surface area contributed by atoms with Crippen molar-refractivity contribution in [3.8, 4) is 6.07 Å². The Morgan fingerprint density at radius 1 is 1.65 bits per heavy atom. The first kappa shape index (κ1) is 13.0. The number of carboxylic acid groups (broad SMARTS) is 1. The molecule has 0 aliphatic rings. The van der Waals surface area contributed by atoms with Crippen LogP contribution in [0.4, 0.5) is 5.69 Å². The molecule has 0 fully saturated rings. The molecular formula is C10H8N2O4S. The first-order chi connectivity index (χ1) is 7.95. The highest BCUT2D eigenvalue weighted by Gasteiger charge is 2.17. The minimum atomic E-state index is -0.980. The second-order valence-corrected chi connectivity index (χ2v) is 4.56. The van der Waals surface area contributed by atoms with Gasteiger partial charge in [-0.15, -0.1) is 11.8 Å². The highest BCUT2D eigenvalue weighted by molar-refractivity contribution is 8.00. The molecule has 88 valence electrons. The van der Waals surface area contributed by atoms with E-state index in [1.165, 1.54) is 25.1 Å². The number of aliphatic carboxylic acids is 1. The number of thioether (sulfide) groups is 1. The summed E-state index contributed by atoms with van der Waals surface area (Å²) in [6, 6.07) is 5.68. The smallest absolute Gasteiger partial charge is 0.316 e. The van der Waals surface area contributed by atoms with Crippen LogP contribution in [0.25, 0.3) is 0 Å². The summed E-state index contributed by atoms with van der Waals surface area (Å²) in [6.45, 7) is 1.50. The second kappa shape index (κ2) is 5.32. The molecule has 7 heteroatoms. The summed E-state index contributed by atoms with van der Waals surface area (Å²) in [7, 11) is 0. The van der Waals surface area contributed by atoms with Gasteiger partial charge in [-0.25, -0.2) is 0 Å². The maximum atomic E-state index is 10.6. The molecule has 0 saturated carbocycles. The lowest BCUT2D eigenvalue weighted by Gasteiger charge is -2.05. The van der Waals surface area contributed by atoms with E-state index in [1.807, 2.05) is 0 Å². The van der Waals surface area contributed by atoms with Crippen LogP contribution >= 0.6 is 11.8 Å². The number of hydrogen-bond acceptors (Lipinski definition) is 5. The zero-order valence-electron chi connectivity index (χ0n) is 8.78. The highest BCUT2D eigenvalue weighted by atomic mass is 32.2. The molecule has 6 nitrogen and oxygen atoms in total. The van der Waals surface area contributed by atoms with Crippen LogP contribution in [-0.2, 0) is 4.79 Å². The first-order valence-corrected chi connectivity index (χ1v) is 5.41. The van der Waals surface area contributed by atoms with E-state index >= 15 is 0 Å². The fourth-order valence-corrected chi connectivity index (χ4v) is 1.93. The summed E-state index contributed by atoms with van der Waals surface area (Å²) >= 11 is 1.03. The predicted molar refractivity (Wildman–Crippen MR) is 60.8 cm³/mol. The summed E-state index contributed by atoms with van der Waals surface area (Å²) in [6.07, 6.45) is 0. The summed E-state index contributed by atoms with van der Waals surface area (Å²) in [5, 5.41) is 27.4. The van der Waals surface area contributed by atoms with Gasteiger partial charge >= 0.3 is 5.97 Å². The maximum Gasteiger partial charge on any atom is 0.316 e. The molecule has 0 heterocycles. The lowest BCUT2D eigenvalue weighted by Crippen LogP contribution is -2.11. The third-order valence-corrected chi connectivity index (χ3v) is 3.03. The largest absolute Gasteiger partial charge is 0.480 e. The fourth-order valence-electron chi connectivity index (χ4n) is 1.09. The molecule has 1 aromatic carbocycles. The summed E-state index contributed by atoms with van der Waals surface area (Å²) in [5.41, 5.74) is -0.350. The van der Waals surface area contributed by atoms with Gasteiger partial charge in [0.15, 0.2) is 0 Å². The third kappa shape index (κ3) is 3.19. The molecule has 0 spiro atoms. The Morgan fingerprint density at radius 2 is 2.29 bits per heavy atom. The Morgan fingerprint density at radius 3 is 2.76 bits per heavy atom. The van der Waals surface area contributed by atoms with Crippen molar-refractivity contribution in [2.45, 2.75) is 17.1 Å². The van der Waals surface area contributed by atoms with Gasteiger partial charge in [0, 0.05) is 11.0 Å². The molecule has 0 aromatic heterocycles. The van der Waals surface area contributed by atoms with Crippen LogP contribution in [0.5, 0.6) is 0 Å². The number of carboxylic acids is 1. The molecular weight excluding hydrogens is 244 g/mol. The maximum absolute atomic E-state index is 10.6. The quantitative estimate of drug-likeness (QED) is 0.499. The van der Waals surface area contributed by atoms with E-state index in [0.717, 1.165) is 11.8 Å². The van der Waals surface area contributed by atoms with Gasteiger partial charge in [-0.3, -0.25) is 14.9 Å². The Balaban J connectivity index is 3.03. The standard InChI is InChI=1S/C10H8N2O4S/c1-6(10(13)14)17-8-2-3-9(12(15)16)7(4-8)5-11/h2-4,6H,1H3,(H,13,14). The Hall–Kier alpha value is -2.07. The van der Waals surface area contributed by atoms with Gasteiger partial charge in [-0.1, -0.05) is 0 Å². The summed E-state index contributed by atoms with van der Waals surface area (Å²) in [5.74, 6) is -0.980. The third-order valence-electron chi connectivity index (χ3n) is 1.95. The van der Waals surface area contributed by atoms with E-state index in [4.69, 9.17) is 10.4 Å². The van der Waals surface area contributed by atoms with Gasteiger partial charge in [0.2, 0.25) is 0 Å². The van der Waals surface area contributed by atoms with E-state index in [2.05, 4.69) is 0 Å². The molecule has 1 aromatic rings. The highest BCUT2D eigenvalue weighted by Crippen LogP contribution is 2.28. The summed E-state index contributed by atoms with van der Waals surface area (Å²) < 4.78 is 0. The van der Waals surface area contributed by atoms with E-state index in [9.17, 15) is 14.9 Å². The molecule has 1 unspecified atom stereocenters. The normalized spacial score (nSPS) is 11.5. The average Bonchev–Trinajstić information content (AvgIpc) is 2.28. The Bertz CT molecular complexity index is 510. The molecule has 1 rings (SSSR count). The molecule has 1 N–H and O–H groups in total. The number of carbonyl (C=O) groups is 1. The average molecular weight is 252 g/mol. The fraction of sp³-hybridized carbons (Fsp3) is 0.200. The minimum Gasteiger partial charge on any atom is -0.480 e. The molecule has 0 aliphatic carbocycles. The van der Waals surface area contributed by atoms with Gasteiger partial charge < -0.3 is 5.11 Å². The van der Waals surface area contributed by atoms with Crippen molar-refractivity contribution in [3.63, 3.8) is 0 Å². The Kier molecular flexibility index (Phi) is 4.06. The van der Waals surface area contributed by atoms with Gasteiger partial charge in [-0.05, 0) is 19.1 Å². The number of hydrogen-bond donors (Lipinski definition) is 1. The van der Waals surface area contributed by atoms with Crippen LogP contribution in [-0.4, -0.2) is 21.2 Å². The number of nitro benzene ring substituents is 1. The van der Waals surface area contributed by atoms with Crippen molar-refractivity contribution < 1.29 is 14.8 Å². The monoisotopic (exact) mass is 252 g/mol. The van der Waals surface area contributed by atoms with Crippen molar-refractivity contribution >= 4 is 23.4 Å². The molecule has 17 heavy (non-hydrogen) atoms. The van der Waals surface area contributed by atoms with Crippen molar-refractivity contribution in [2.24, 2.45) is 0 Å². The number of nitrogens with zero attached hydrogens (tertiary/aromatic N) is 2. The van der Waals surface area contributed by atoms with Gasteiger partial charge in [0.25, 0.3) is 5.69 Å². The molecule has 0 aliphatic heterocycles. The Labute approximate surface area is 101 Å². The van der Waals surface area contributed by atoms with Crippen molar-refractivity contribution in [3.05, 3.63) is 33.9 Å². The van der Waals surface area contributed by atoms with Gasteiger partial charge in [-0.2, -0.15) is 5.26 Å². The second-order valence-electron chi connectivity index (χ2n) is 3.15. The number of benzene rings is 1. The SMILES string of the molecule is CC(Sc1ccc([N+](=O)[O-])c(C#N)c1)C(=O)O. The van der Waals surface area contributed by atoms with E-state index in [-0.39, 0.29) is 11.3 Å². The molecule has 1 atom stereocenters. The van der Waals surface area contributed by atoms with Crippen LogP contribution < -0.4 is 0 Å². The van der Waals surface area contributed by atoms with Crippen LogP contribution in [0.3, 0.4) is 0 Å². The van der Waals surface area contributed by atoms with Crippen molar-refractivity contribution in [1.29, 1.82) is 5.26 Å². The summed E-state index contributed by atoms with van der Waals surface area (Å²) in [4.78, 5) is 21.1. The van der Waals surface area contributed by atoms with Crippen LogP contribution in [0.2, 0.25) is 0 Å². The lowest BCUT2D eigenvalue weighted by atomic mass is 10.2. The van der Waals surface area contributed by atoms with E-state index < -0.39 is 16.1 Å². The van der Waals surface area contributed by atoms with Crippen LogP contribution in [0, 0.1) is 21.4 Å². The van der Waals surface area contributed by atoms with Crippen molar-refractivity contribution in [2.75, 3.05) is 0 Å². The van der Waals surface area contributed by atoms with E-state index in [0.29, 0.717) is 4.90 Å². The van der Waals surface area contributed by atoms with Gasteiger partial charge in [0.1, 0.15) is 16.9 Å². The van der Waals surface area contributed by atoms with Crippen LogP contribution in [0.15, 0.2) is 23.1 Å². The molecule has 0 saturated heterocycles. The number of rotatable bonds is 4. The first-order valence-electron chi connectivity index (χ1n) is 4.53. The minimum absolute atomic E-state index is 0.0717. The zero-order chi connectivity index (χ0) is 13.0. The molecule has 0 bridgehead atoms. The molecule has 0 amide bonds. The number of nitro groups is 1.